The summed E-state index contributed by atoms with van der Waals surface area (Å²) in [6.45, 7) is 0.923. The van der Waals surface area contributed by atoms with Gasteiger partial charge in [0.2, 0.25) is 11.0 Å². The molecule has 18 heavy (non-hydrogen) atoms. The molecule has 1 unspecified atom stereocenters. The second-order valence-electron chi connectivity index (χ2n) is 3.79. The zero-order valence-electron chi connectivity index (χ0n) is 9.36. The average molecular weight is 299 g/mol. The van der Waals surface area contributed by atoms with Gasteiger partial charge in [-0.1, -0.05) is 11.3 Å². The summed E-state index contributed by atoms with van der Waals surface area (Å²) in [6.07, 6.45) is -0.281. The van der Waals surface area contributed by atoms with Crippen LogP contribution in [0.4, 0.5) is 13.9 Å². The minimum absolute atomic E-state index is 0. The first-order valence-corrected chi connectivity index (χ1v) is 6.11. The maximum Gasteiger partial charge on any atom is 0.291 e. The summed E-state index contributed by atoms with van der Waals surface area (Å²) in [6, 6.07) is 0.178. The smallest absolute Gasteiger partial charge is 0.291 e. The van der Waals surface area contributed by atoms with Gasteiger partial charge in [-0.15, -0.1) is 22.6 Å². The molecule has 1 aromatic rings. The number of hydrogen-bond donors (Lipinski definition) is 2. The largest absolute Gasteiger partial charge is 0.313 e. The molecule has 1 amide bonds. The summed E-state index contributed by atoms with van der Waals surface area (Å²) >= 11 is 0.703. The molecule has 1 aliphatic heterocycles. The van der Waals surface area contributed by atoms with E-state index in [4.69, 9.17) is 0 Å². The minimum Gasteiger partial charge on any atom is -0.313 e. The van der Waals surface area contributed by atoms with E-state index in [1.165, 1.54) is 0 Å². The molecule has 5 nitrogen and oxygen atoms in total. The lowest BCUT2D eigenvalue weighted by atomic mass is 10.1. The highest BCUT2D eigenvalue weighted by Crippen LogP contribution is 2.25. The fourth-order valence-corrected chi connectivity index (χ4v) is 2.31. The molecule has 0 saturated carbocycles. The number of alkyl halides is 2. The first-order valence-electron chi connectivity index (χ1n) is 5.30. The lowest BCUT2D eigenvalue weighted by Crippen LogP contribution is -2.27. The maximum atomic E-state index is 12.2. The van der Waals surface area contributed by atoms with Gasteiger partial charge < -0.3 is 10.6 Å². The predicted molar refractivity (Wildman–Crippen MR) is 66.4 cm³/mol. The van der Waals surface area contributed by atoms with Crippen molar-refractivity contribution in [3.05, 3.63) is 5.01 Å². The molecule has 1 aromatic heterocycles. The Bertz CT molecular complexity index is 398. The molecule has 1 atom stereocenters. The second-order valence-corrected chi connectivity index (χ2v) is 4.80. The topological polar surface area (TPSA) is 66.9 Å². The lowest BCUT2D eigenvalue weighted by Gasteiger charge is -2.08. The van der Waals surface area contributed by atoms with E-state index in [0.29, 0.717) is 17.8 Å². The van der Waals surface area contributed by atoms with Gasteiger partial charge in [0.15, 0.2) is 5.01 Å². The first-order chi connectivity index (χ1) is 8.15. The molecular formula is C9H13ClF2N4OS. The molecule has 102 valence electrons. The molecule has 0 radical (unpaired) electrons. The number of carbonyl (C=O) groups is 1. The molecule has 0 spiro atoms. The Labute approximate surface area is 113 Å². The molecule has 2 N–H and O–H groups in total. The van der Waals surface area contributed by atoms with Crippen LogP contribution in [0, 0.1) is 0 Å². The van der Waals surface area contributed by atoms with Crippen LogP contribution < -0.4 is 10.6 Å². The van der Waals surface area contributed by atoms with Crippen molar-refractivity contribution < 1.29 is 13.6 Å². The summed E-state index contributed by atoms with van der Waals surface area (Å²) in [4.78, 5) is 11.5. The Balaban J connectivity index is 0.00000162. The monoisotopic (exact) mass is 298 g/mol. The number of anilines is 1. The van der Waals surface area contributed by atoms with Crippen LogP contribution in [0.25, 0.3) is 0 Å². The fourth-order valence-electron chi connectivity index (χ4n) is 1.70. The fraction of sp³-hybridized carbons (Fsp3) is 0.667. The van der Waals surface area contributed by atoms with Crippen LogP contribution in [0.15, 0.2) is 0 Å². The number of rotatable bonds is 4. The molecule has 1 aliphatic rings. The normalized spacial score (nSPS) is 18.7. The Hall–Kier alpha value is -0.860. The number of hydrogen-bond acceptors (Lipinski definition) is 5. The summed E-state index contributed by atoms with van der Waals surface area (Å²) < 4.78 is 24.5. The number of amides is 1. The molecule has 0 aromatic carbocycles. The number of nitrogens with one attached hydrogen (secondary N) is 2. The second kappa shape index (κ2) is 6.91. The predicted octanol–water partition coefficient (Wildman–Crippen LogP) is 1.98. The Morgan fingerprint density at radius 3 is 2.89 bits per heavy atom. The highest BCUT2D eigenvalue weighted by atomic mass is 35.5. The van der Waals surface area contributed by atoms with Crippen molar-refractivity contribution in [3.63, 3.8) is 0 Å². The van der Waals surface area contributed by atoms with Gasteiger partial charge in [-0.2, -0.15) is 0 Å². The van der Waals surface area contributed by atoms with E-state index in [9.17, 15) is 13.6 Å². The molecule has 2 rings (SSSR count). The zero-order chi connectivity index (χ0) is 12.3. The first kappa shape index (κ1) is 15.2. The van der Waals surface area contributed by atoms with Gasteiger partial charge in [-0.05, 0) is 19.4 Å². The third kappa shape index (κ3) is 4.11. The van der Waals surface area contributed by atoms with E-state index < -0.39 is 6.43 Å². The zero-order valence-corrected chi connectivity index (χ0v) is 11.0. The molecule has 0 bridgehead atoms. The standard InChI is InChI=1S/C9H12F2N4OS.ClH/c10-7(11)8-14-15-9(17-8)13-6(16)4-5-2-1-3-12-5;/h5,7,12H,1-4H2,(H,13,15,16);1H. The average Bonchev–Trinajstić information content (AvgIpc) is 2.88. The van der Waals surface area contributed by atoms with Gasteiger partial charge in [0.25, 0.3) is 6.43 Å². The summed E-state index contributed by atoms with van der Waals surface area (Å²) in [5.74, 6) is -0.221. The van der Waals surface area contributed by atoms with Crippen molar-refractivity contribution >= 4 is 34.8 Å². The van der Waals surface area contributed by atoms with Crippen LogP contribution in [0.2, 0.25) is 0 Å². The van der Waals surface area contributed by atoms with Gasteiger partial charge in [0.05, 0.1) is 0 Å². The van der Waals surface area contributed by atoms with Crippen molar-refractivity contribution in [2.45, 2.75) is 31.7 Å². The van der Waals surface area contributed by atoms with E-state index in [-0.39, 0.29) is 34.5 Å². The van der Waals surface area contributed by atoms with Gasteiger partial charge >= 0.3 is 0 Å². The van der Waals surface area contributed by atoms with E-state index in [1.54, 1.807) is 0 Å². The van der Waals surface area contributed by atoms with Crippen LogP contribution in [0.1, 0.15) is 30.7 Å². The maximum absolute atomic E-state index is 12.2. The molecule has 1 saturated heterocycles. The van der Waals surface area contributed by atoms with Crippen molar-refractivity contribution in [2.24, 2.45) is 0 Å². The molecule has 0 aliphatic carbocycles. The Morgan fingerprint density at radius 2 is 2.33 bits per heavy atom. The number of nitrogens with zero attached hydrogens (tertiary/aromatic N) is 2. The quantitative estimate of drug-likeness (QED) is 0.892. The Morgan fingerprint density at radius 1 is 1.56 bits per heavy atom. The highest BCUT2D eigenvalue weighted by Gasteiger charge is 2.19. The van der Waals surface area contributed by atoms with E-state index in [0.717, 1.165) is 19.4 Å². The highest BCUT2D eigenvalue weighted by molar-refractivity contribution is 7.15. The lowest BCUT2D eigenvalue weighted by molar-refractivity contribution is -0.116. The summed E-state index contributed by atoms with van der Waals surface area (Å²) in [5, 5.41) is 12.2. The third-order valence-corrected chi connectivity index (χ3v) is 3.31. The van der Waals surface area contributed by atoms with E-state index in [2.05, 4.69) is 20.8 Å². The van der Waals surface area contributed by atoms with Crippen LogP contribution >= 0.6 is 23.7 Å². The number of aromatic nitrogens is 2. The van der Waals surface area contributed by atoms with Gasteiger partial charge in [-0.25, -0.2) is 8.78 Å². The van der Waals surface area contributed by atoms with Crippen LogP contribution in [-0.4, -0.2) is 28.7 Å². The number of carbonyl (C=O) groups excluding carboxylic acids is 1. The molecule has 2 heterocycles. The minimum atomic E-state index is -2.64. The van der Waals surface area contributed by atoms with Gasteiger partial charge in [-0.3, -0.25) is 4.79 Å². The SMILES string of the molecule is Cl.O=C(CC1CCCN1)Nc1nnc(C(F)F)s1. The van der Waals surface area contributed by atoms with Gasteiger partial charge in [0.1, 0.15) is 0 Å². The third-order valence-electron chi connectivity index (χ3n) is 2.47. The molecule has 9 heteroatoms. The van der Waals surface area contributed by atoms with Gasteiger partial charge in [0, 0.05) is 12.5 Å². The number of halogens is 3. The molecule has 1 fully saturated rings. The van der Waals surface area contributed by atoms with E-state index in [1.807, 2.05) is 0 Å². The van der Waals surface area contributed by atoms with Crippen LogP contribution in [0.3, 0.4) is 0 Å². The van der Waals surface area contributed by atoms with Crippen molar-refractivity contribution in [2.75, 3.05) is 11.9 Å². The van der Waals surface area contributed by atoms with Crippen molar-refractivity contribution in [1.82, 2.24) is 15.5 Å². The van der Waals surface area contributed by atoms with E-state index >= 15 is 0 Å². The summed E-state index contributed by atoms with van der Waals surface area (Å²) in [7, 11) is 0. The Kier molecular flexibility index (Phi) is 5.83. The molecular weight excluding hydrogens is 286 g/mol. The van der Waals surface area contributed by atoms with Crippen LogP contribution in [0.5, 0.6) is 0 Å². The summed E-state index contributed by atoms with van der Waals surface area (Å²) in [5.41, 5.74) is 0. The van der Waals surface area contributed by atoms with Crippen molar-refractivity contribution in [1.29, 1.82) is 0 Å². The van der Waals surface area contributed by atoms with Crippen molar-refractivity contribution in [3.8, 4) is 0 Å². The van der Waals surface area contributed by atoms with Crippen LogP contribution in [-0.2, 0) is 4.79 Å².